The number of nitrogens with zero attached hydrogens (tertiary/aromatic N) is 7. The summed E-state index contributed by atoms with van der Waals surface area (Å²) in [4.78, 5) is 175. The number of esters is 1. The van der Waals surface area contributed by atoms with Crippen LogP contribution in [0.1, 0.15) is 192 Å². The van der Waals surface area contributed by atoms with Crippen molar-refractivity contribution in [2.45, 2.75) is 178 Å². The molecule has 108 heavy (non-hydrogen) atoms. The van der Waals surface area contributed by atoms with Crippen molar-refractivity contribution in [1.29, 1.82) is 0 Å². The second-order valence-electron chi connectivity index (χ2n) is 26.7. The molecule has 9 heterocycles. The van der Waals surface area contributed by atoms with Crippen LogP contribution in [0.25, 0.3) is 6.08 Å². The maximum absolute atomic E-state index is 15.3. The number of rotatable bonds is 9. The van der Waals surface area contributed by atoms with Crippen LogP contribution in [0.15, 0.2) is 80.0 Å². The number of ether oxygens (including phenoxy) is 1. The van der Waals surface area contributed by atoms with Crippen molar-refractivity contribution in [1.82, 2.24) is 78.1 Å². The van der Waals surface area contributed by atoms with Crippen molar-refractivity contribution in [2.24, 2.45) is 21.6 Å². The summed E-state index contributed by atoms with van der Waals surface area (Å²) in [7, 11) is 0. The van der Waals surface area contributed by atoms with Gasteiger partial charge in [0.1, 0.15) is 118 Å². The van der Waals surface area contributed by atoms with E-state index in [0.29, 0.717) is 0 Å². The summed E-state index contributed by atoms with van der Waals surface area (Å²) in [6, 6.07) is -10.9. The first-order valence-corrected chi connectivity index (χ1v) is 38.7. The van der Waals surface area contributed by atoms with E-state index in [4.69, 9.17) is 42.6 Å². The molecule has 9 amide bonds. The molecular formula is C68H80N18O16S6. The number of cyclic esters (lactones) is 1. The highest BCUT2D eigenvalue weighted by molar-refractivity contribution is 8.14. The molecule has 4 aliphatic heterocycles. The van der Waals surface area contributed by atoms with Gasteiger partial charge in [0.05, 0.1) is 64.6 Å². The van der Waals surface area contributed by atoms with Gasteiger partial charge in [0.25, 0.3) is 23.6 Å². The first-order valence-electron chi connectivity index (χ1n) is 33.8. The number of aliphatic imine (C=N–C) groups is 2. The average molecular weight is 1600 g/mol. The smallest absolute Gasteiger partial charge is 0.357 e. The largest absolute Gasteiger partial charge is 0.455 e. The normalized spacial score (nSPS) is 27.6. The van der Waals surface area contributed by atoms with Gasteiger partial charge in [-0.1, -0.05) is 57.5 Å². The number of thiocarbonyl (C=S) groups is 1. The third-order valence-electron chi connectivity index (χ3n) is 18.4. The Bertz CT molecular complexity index is 4610. The lowest BCUT2D eigenvalue weighted by Crippen LogP contribution is -2.57. The fourth-order valence-corrected chi connectivity index (χ4v) is 17.1. The number of carbonyl (C=O) groups excluding carboxylic acids is 10. The van der Waals surface area contributed by atoms with Gasteiger partial charge in [-0.15, -0.1) is 57.1 Å². The second-order valence-corrected chi connectivity index (χ2v) is 31.6. The van der Waals surface area contributed by atoms with Gasteiger partial charge in [-0.05, 0) is 85.8 Å². The molecule has 0 saturated carbocycles. The van der Waals surface area contributed by atoms with E-state index in [1.54, 1.807) is 38.3 Å². The monoisotopic (exact) mass is 1600 g/mol. The van der Waals surface area contributed by atoms with Crippen LogP contribution in [0.3, 0.4) is 0 Å². The lowest BCUT2D eigenvalue weighted by atomic mass is 9.80. The highest BCUT2D eigenvalue weighted by Crippen LogP contribution is 2.48. The number of nitrogens with one attached hydrogen (secondary N) is 10. The number of nitrogens with two attached hydrogens (primary N) is 1. The Morgan fingerprint density at radius 2 is 1.50 bits per heavy atom. The summed E-state index contributed by atoms with van der Waals surface area (Å²) in [6.07, 6.45) is -3.03. The molecule has 1 aliphatic carbocycles. The molecule has 5 aromatic rings. The zero-order chi connectivity index (χ0) is 78.9. The number of amides is 9. The maximum Gasteiger partial charge on any atom is 0.357 e. The molecule has 0 spiro atoms. The number of aliphatic hydroxyl groups is 5. The van der Waals surface area contributed by atoms with Gasteiger partial charge in [0.2, 0.25) is 29.5 Å². The van der Waals surface area contributed by atoms with Crippen LogP contribution in [0.2, 0.25) is 0 Å². The van der Waals surface area contributed by atoms with Crippen molar-refractivity contribution in [3.63, 3.8) is 0 Å². The minimum atomic E-state index is -2.12. The Morgan fingerprint density at radius 1 is 0.796 bits per heavy atom. The van der Waals surface area contributed by atoms with E-state index in [-0.39, 0.29) is 99.7 Å². The third kappa shape index (κ3) is 17.4. The van der Waals surface area contributed by atoms with E-state index in [1.165, 1.54) is 76.7 Å². The summed E-state index contributed by atoms with van der Waals surface area (Å²) < 4.78 is 6.33. The molecule has 17 N–H and O–H groups in total. The zero-order valence-electron chi connectivity index (χ0n) is 59.7. The highest BCUT2D eigenvalue weighted by atomic mass is 32.2. The molecule has 0 fully saturated rings. The van der Waals surface area contributed by atoms with Crippen LogP contribution < -0.4 is 58.9 Å². The quantitative estimate of drug-likeness (QED) is 0.0561. The fraction of sp³-hybridized carbons (Fsp3) is 0.441. The summed E-state index contributed by atoms with van der Waals surface area (Å²) in [5, 5.41) is 91.4. The number of allylic oxidation sites excluding steroid dienone is 1. The summed E-state index contributed by atoms with van der Waals surface area (Å²) >= 11 is 11.0. The van der Waals surface area contributed by atoms with E-state index in [0.717, 1.165) is 57.1 Å². The van der Waals surface area contributed by atoms with Gasteiger partial charge in [-0.3, -0.25) is 58.5 Å². The van der Waals surface area contributed by atoms with Gasteiger partial charge >= 0.3 is 5.97 Å². The minimum Gasteiger partial charge on any atom is -0.455 e. The number of pyridine rings is 1. The number of aromatic nitrogens is 5. The lowest BCUT2D eigenvalue weighted by molar-refractivity contribution is -0.131. The Morgan fingerprint density at radius 3 is 2.18 bits per heavy atom. The molecule has 0 radical (unpaired) electrons. The Hall–Kier alpha value is -9.33. The topological polar surface area (TPSA) is 517 Å². The number of aliphatic hydroxyl groups excluding tert-OH is 4. The third-order valence-corrected chi connectivity index (χ3v) is 23.6. The molecule has 13 bridgehead atoms. The summed E-state index contributed by atoms with van der Waals surface area (Å²) in [5.74, 6) is -9.65. The number of hydrogen-bond donors (Lipinski definition) is 16. The molecule has 34 nitrogen and oxygen atoms in total. The first kappa shape index (κ1) is 81.2. The molecule has 10 rings (SSSR count). The molecular weight excluding hydrogens is 1520 g/mol. The standard InChI is InChI=1S/C68H80N18O16S6/c1-13-35-61-79-41(21-104-61)57(97)85-50(67(12,101)32(11)89)64-81-43(23-107-64)60(103)84-46-31(10)102-65(100)38-18-34(29(8)87)33-14-15-36(48(90)47(33)75-38)74-44(24(2)3)58(98)73-27(6)53(93)71-26(5)52(92)72-28(7)54(94)86-68(66-82-42(22-108-66)56(96)83-45(30(9)88)59(99)77-35)17-16-37(76-49(68)39-19-106-63(46)78-39)62-80-40(20-105-62)55(95)70-25(4)51(69)91/h13-15,18-20,22-24,27-32,36,41,44-46,48-50,74,87-90,101H,4-5,16-17,21H2,1-3,6-12H3,(H2,69,91)(H,70,95)(H,71,93)(H,72,92)(H,73,98)(H,77,99)(H,83,96)(H,84,103)(H,85,97)(H,86,94)/b35-13-/t27?,28-,29?,30?,31?,32?,36?,41?,44?,45?,46?,48-,49+,50?,67?,68+/m0/s1. The summed E-state index contributed by atoms with van der Waals surface area (Å²) in [5.41, 5.74) is 0.0823. The molecule has 0 aromatic carbocycles. The predicted octanol–water partition coefficient (Wildman–Crippen LogP) is 1.29. The predicted molar refractivity (Wildman–Crippen MR) is 404 cm³/mol. The van der Waals surface area contributed by atoms with Gasteiger partial charge in [-0.2, -0.15) is 0 Å². The number of thioether (sulfide) groups is 1. The number of fused-ring (bicyclic) bond motifs is 7. The molecule has 12 unspecified atom stereocenters. The van der Waals surface area contributed by atoms with E-state index in [1.807, 2.05) is 0 Å². The Labute approximate surface area is 643 Å². The van der Waals surface area contributed by atoms with E-state index < -0.39 is 178 Å². The number of primary amides is 1. The molecule has 16 atom stereocenters. The Balaban J connectivity index is 1.18. The molecule has 40 heteroatoms. The van der Waals surface area contributed by atoms with Crippen molar-refractivity contribution in [2.75, 3.05) is 5.75 Å². The Kier molecular flexibility index (Phi) is 25.0. The van der Waals surface area contributed by atoms with Crippen LogP contribution in [-0.4, -0.2) is 191 Å². The van der Waals surface area contributed by atoms with Gasteiger partial charge in [-0.25, -0.2) is 29.7 Å². The van der Waals surface area contributed by atoms with E-state index in [2.05, 4.69) is 81.3 Å². The van der Waals surface area contributed by atoms with Gasteiger partial charge in [0.15, 0.2) is 0 Å². The van der Waals surface area contributed by atoms with Crippen LogP contribution >= 0.6 is 69.3 Å². The van der Waals surface area contributed by atoms with E-state index >= 15 is 9.59 Å². The molecule has 5 aromatic heterocycles. The number of hydrogen-bond acceptors (Lipinski definition) is 30. The number of carbonyl (C=O) groups is 10. The molecule has 0 saturated heterocycles. The van der Waals surface area contributed by atoms with Crippen molar-refractivity contribution in [3.8, 4) is 0 Å². The molecule has 574 valence electrons. The second kappa shape index (κ2) is 33.3. The lowest BCUT2D eigenvalue weighted by Gasteiger charge is -2.41. The summed E-state index contributed by atoms with van der Waals surface area (Å²) in [6.45, 7) is 21.7. The minimum absolute atomic E-state index is 0.0286. The maximum atomic E-state index is 15.3. The van der Waals surface area contributed by atoms with Crippen molar-refractivity contribution < 1.29 is 78.2 Å². The zero-order valence-corrected chi connectivity index (χ0v) is 64.6. The van der Waals surface area contributed by atoms with Crippen LogP contribution in [0.5, 0.6) is 0 Å². The van der Waals surface area contributed by atoms with E-state index in [9.17, 15) is 63.9 Å². The number of thiazole rings is 4. The molecule has 5 aliphatic rings. The highest BCUT2D eigenvalue weighted by Gasteiger charge is 2.51. The van der Waals surface area contributed by atoms with Crippen LogP contribution in [0, 0.1) is 5.92 Å². The van der Waals surface area contributed by atoms with Crippen molar-refractivity contribution >= 4 is 150 Å². The van der Waals surface area contributed by atoms with Crippen LogP contribution in [0.4, 0.5) is 0 Å². The first-order chi connectivity index (χ1) is 50.9. The average Bonchev–Trinajstić information content (AvgIpc) is 1.48. The fourth-order valence-electron chi connectivity index (χ4n) is 11.9. The van der Waals surface area contributed by atoms with Gasteiger partial charge < -0.3 is 83.9 Å². The van der Waals surface area contributed by atoms with Crippen LogP contribution in [-0.2, 0) is 43.8 Å². The SMILES string of the molecule is C=C(NC(=O)c1csc(C2=N[C@@H]3c4csc(n4)C4NC(=S)c5csc(n5)C(C(C)(O)C(C)O)NC(=O)C5CSC(=N5)/C(=C/C)NC(=O)C(C(C)O)NC(=O)c5csc(n5)[C@]3(CC2)NC(=O)[C@H](C)NC(=O)C(=C)NC(=O)C(C)NC(=O)C(C(C)C)NC2C=Cc3c(C(C)O)cc(nc3[C@H]2O)C(=O)OC4C)n1)C(N)=O. The van der Waals surface area contributed by atoms with Gasteiger partial charge in [0, 0.05) is 32.8 Å². The van der Waals surface area contributed by atoms with Crippen molar-refractivity contribution in [3.05, 3.63) is 135 Å².